The second kappa shape index (κ2) is 9.93. The third-order valence-corrected chi connectivity index (χ3v) is 6.66. The number of aliphatic hydroxyl groups excluding tert-OH is 2. The molecule has 5 rings (SSSR count). The van der Waals surface area contributed by atoms with Crippen molar-refractivity contribution >= 4 is 33.8 Å². The van der Waals surface area contributed by atoms with Crippen LogP contribution in [-0.4, -0.2) is 58.3 Å². The number of nitrogens with zero attached hydrogens (tertiary/aromatic N) is 2. The number of ether oxygens (including phenoxy) is 1. The van der Waals surface area contributed by atoms with Crippen LogP contribution in [-0.2, 0) is 17.8 Å². The maximum Gasteiger partial charge on any atom is 0.257 e. The molecule has 9 heteroatoms. The summed E-state index contributed by atoms with van der Waals surface area (Å²) in [6.07, 6.45) is 0.297. The van der Waals surface area contributed by atoms with Gasteiger partial charge in [0.2, 0.25) is 5.43 Å². The van der Waals surface area contributed by atoms with E-state index in [1.807, 2.05) is 12.1 Å². The molecule has 0 saturated carbocycles. The summed E-state index contributed by atoms with van der Waals surface area (Å²) in [5, 5.41) is 24.6. The van der Waals surface area contributed by atoms with Crippen LogP contribution in [0.25, 0.3) is 16.3 Å². The number of rotatable bonds is 7. The Kier molecular flexibility index (Phi) is 6.73. The highest BCUT2D eigenvalue weighted by atomic mass is 35.5. The molecule has 0 radical (unpaired) electrons. The van der Waals surface area contributed by atoms with Gasteiger partial charge in [0.05, 0.1) is 31.0 Å². The molecule has 1 aliphatic rings. The normalized spacial score (nSPS) is 15.6. The van der Waals surface area contributed by atoms with Crippen molar-refractivity contribution in [2.75, 3.05) is 32.9 Å². The Balaban J connectivity index is 1.55. The first-order valence-electron chi connectivity index (χ1n) is 11.5. The predicted octanol–water partition coefficient (Wildman–Crippen LogP) is 2.33. The lowest BCUT2D eigenvalue weighted by Gasteiger charge is -2.26. The smallest absolute Gasteiger partial charge is 0.257 e. The summed E-state index contributed by atoms with van der Waals surface area (Å²) in [5.74, 6) is -0.513. The molecule has 35 heavy (non-hydrogen) atoms. The molecule has 0 aliphatic carbocycles. The van der Waals surface area contributed by atoms with Gasteiger partial charge in [-0.25, -0.2) is 0 Å². The molecular weight excluding hydrogens is 470 g/mol. The van der Waals surface area contributed by atoms with Crippen LogP contribution in [0.4, 0.5) is 0 Å². The standard InChI is InChI=1S/C26H26ClN3O5/c27-19-3-1-16(2-4-19)12-28-26(34)21-14-30-22(23(32)15-31)11-18-9-17(10-20(24(18)30)25(21)33)13-29-5-7-35-8-6-29/h1-4,9-11,14,23,31-32H,5-8,12-13,15H2,(H,28,34)/t23-/m0/s1. The second-order valence-electron chi connectivity index (χ2n) is 8.79. The Morgan fingerprint density at radius 2 is 1.86 bits per heavy atom. The van der Waals surface area contributed by atoms with Gasteiger partial charge in [0.15, 0.2) is 0 Å². The minimum Gasteiger partial charge on any atom is -0.393 e. The Hall–Kier alpha value is -3.01. The fourth-order valence-electron chi connectivity index (χ4n) is 4.60. The fraction of sp³-hybridized carbons (Fsp3) is 0.308. The van der Waals surface area contributed by atoms with E-state index in [1.165, 1.54) is 6.20 Å². The molecule has 8 nitrogen and oxygen atoms in total. The van der Waals surface area contributed by atoms with Crippen molar-refractivity contribution in [2.24, 2.45) is 0 Å². The van der Waals surface area contributed by atoms with E-state index in [9.17, 15) is 19.8 Å². The molecular formula is C26H26ClN3O5. The van der Waals surface area contributed by atoms with E-state index in [0.717, 1.165) is 29.6 Å². The number of aliphatic hydroxyl groups is 2. The van der Waals surface area contributed by atoms with Gasteiger partial charge in [-0.2, -0.15) is 0 Å². The molecule has 3 heterocycles. The van der Waals surface area contributed by atoms with Gasteiger partial charge in [-0.1, -0.05) is 23.7 Å². The number of halogens is 1. The number of morpholine rings is 1. The number of nitrogens with one attached hydrogen (secondary N) is 1. The van der Waals surface area contributed by atoms with Crippen molar-refractivity contribution in [1.29, 1.82) is 0 Å². The highest BCUT2D eigenvalue weighted by Crippen LogP contribution is 2.29. The number of hydrogen-bond acceptors (Lipinski definition) is 6. The number of benzene rings is 2. The highest BCUT2D eigenvalue weighted by Gasteiger charge is 2.22. The van der Waals surface area contributed by atoms with Crippen LogP contribution in [0.1, 0.15) is 33.3 Å². The zero-order chi connectivity index (χ0) is 24.5. The maximum absolute atomic E-state index is 13.5. The number of amides is 1. The van der Waals surface area contributed by atoms with Gasteiger partial charge in [0.1, 0.15) is 11.7 Å². The fourth-order valence-corrected chi connectivity index (χ4v) is 4.73. The summed E-state index contributed by atoms with van der Waals surface area (Å²) in [6.45, 7) is 3.33. The second-order valence-corrected chi connectivity index (χ2v) is 9.22. The average molecular weight is 496 g/mol. The summed E-state index contributed by atoms with van der Waals surface area (Å²) in [6, 6.07) is 12.7. The topological polar surface area (TPSA) is 104 Å². The van der Waals surface area contributed by atoms with Crippen LogP contribution >= 0.6 is 11.6 Å². The number of carbonyl (C=O) groups excluding carboxylic acids is 1. The van der Waals surface area contributed by atoms with Gasteiger partial charge in [-0.3, -0.25) is 14.5 Å². The molecule has 182 valence electrons. The molecule has 1 amide bonds. The maximum atomic E-state index is 13.5. The Bertz CT molecular complexity index is 1410. The van der Waals surface area contributed by atoms with Gasteiger partial charge in [-0.15, -0.1) is 0 Å². The van der Waals surface area contributed by atoms with Crippen molar-refractivity contribution < 1.29 is 19.7 Å². The highest BCUT2D eigenvalue weighted by molar-refractivity contribution is 6.30. The third-order valence-electron chi connectivity index (χ3n) is 6.40. The quantitative estimate of drug-likeness (QED) is 0.363. The Morgan fingerprint density at radius 3 is 2.57 bits per heavy atom. The van der Waals surface area contributed by atoms with Crippen molar-refractivity contribution in [1.82, 2.24) is 14.6 Å². The zero-order valence-corrected chi connectivity index (χ0v) is 19.8. The Labute approximate surface area is 206 Å². The van der Waals surface area contributed by atoms with Crippen molar-refractivity contribution in [3.8, 4) is 0 Å². The molecule has 4 aromatic rings. The molecule has 1 saturated heterocycles. The van der Waals surface area contributed by atoms with E-state index >= 15 is 0 Å². The van der Waals surface area contributed by atoms with Crippen LogP contribution < -0.4 is 10.7 Å². The van der Waals surface area contributed by atoms with Gasteiger partial charge in [-0.05, 0) is 41.5 Å². The molecule has 0 spiro atoms. The van der Waals surface area contributed by atoms with Crippen LogP contribution in [0.15, 0.2) is 53.5 Å². The van der Waals surface area contributed by atoms with Crippen molar-refractivity contribution in [3.05, 3.63) is 86.3 Å². The summed E-state index contributed by atoms with van der Waals surface area (Å²) in [4.78, 5) is 28.8. The van der Waals surface area contributed by atoms with Gasteiger partial charge >= 0.3 is 0 Å². The number of pyridine rings is 1. The van der Waals surface area contributed by atoms with E-state index in [1.54, 1.807) is 34.7 Å². The van der Waals surface area contributed by atoms with Crippen molar-refractivity contribution in [2.45, 2.75) is 19.2 Å². The molecule has 2 aromatic heterocycles. The predicted molar refractivity (Wildman–Crippen MR) is 133 cm³/mol. The van der Waals surface area contributed by atoms with Crippen LogP contribution in [0.2, 0.25) is 5.02 Å². The first-order chi connectivity index (χ1) is 16.9. The van der Waals surface area contributed by atoms with Crippen LogP contribution in [0.3, 0.4) is 0 Å². The van der Waals surface area contributed by atoms with Crippen LogP contribution in [0.5, 0.6) is 0 Å². The van der Waals surface area contributed by atoms with E-state index < -0.39 is 18.6 Å². The Morgan fingerprint density at radius 1 is 1.11 bits per heavy atom. The molecule has 3 N–H and O–H groups in total. The largest absolute Gasteiger partial charge is 0.393 e. The molecule has 1 atom stereocenters. The molecule has 0 unspecified atom stereocenters. The molecule has 2 aromatic carbocycles. The number of carbonyl (C=O) groups is 1. The monoisotopic (exact) mass is 495 g/mol. The van der Waals surface area contributed by atoms with E-state index in [2.05, 4.69) is 10.2 Å². The lowest BCUT2D eigenvalue weighted by molar-refractivity contribution is 0.0342. The summed E-state index contributed by atoms with van der Waals surface area (Å²) < 4.78 is 7.07. The van der Waals surface area contributed by atoms with Gasteiger partial charge in [0.25, 0.3) is 5.91 Å². The summed E-state index contributed by atoms with van der Waals surface area (Å²) >= 11 is 5.93. The first-order valence-corrected chi connectivity index (χ1v) is 11.9. The van der Waals surface area contributed by atoms with Crippen LogP contribution in [0, 0.1) is 0 Å². The summed E-state index contributed by atoms with van der Waals surface area (Å²) in [7, 11) is 0. The number of hydrogen-bond donors (Lipinski definition) is 3. The minimum atomic E-state index is -1.15. The van der Waals surface area contributed by atoms with E-state index in [-0.39, 0.29) is 17.5 Å². The van der Waals surface area contributed by atoms with Crippen molar-refractivity contribution in [3.63, 3.8) is 0 Å². The van der Waals surface area contributed by atoms with Gasteiger partial charge in [0, 0.05) is 48.2 Å². The van der Waals surface area contributed by atoms with E-state index in [4.69, 9.17) is 16.3 Å². The molecule has 0 bridgehead atoms. The lowest BCUT2D eigenvalue weighted by Crippen LogP contribution is -2.35. The lowest BCUT2D eigenvalue weighted by atomic mass is 10.0. The molecule has 1 aliphatic heterocycles. The summed E-state index contributed by atoms with van der Waals surface area (Å²) in [5.41, 5.74) is 2.43. The number of aromatic nitrogens is 1. The SMILES string of the molecule is O=C(NCc1ccc(Cl)cc1)c1cn2c([C@@H](O)CO)cc3cc(CN4CCOCC4)cc(c1=O)c32. The zero-order valence-electron chi connectivity index (χ0n) is 19.0. The average Bonchev–Trinajstić information content (AvgIpc) is 3.24. The van der Waals surface area contributed by atoms with Gasteiger partial charge < -0.3 is 24.7 Å². The third kappa shape index (κ3) is 4.76. The molecule has 1 fully saturated rings. The minimum absolute atomic E-state index is 0.0288. The van der Waals surface area contributed by atoms with E-state index in [0.29, 0.717) is 41.4 Å². The first kappa shape index (κ1) is 23.7.